The first-order chi connectivity index (χ1) is 18.2. The Kier molecular flexibility index (Phi) is 5.44. The average Bonchev–Trinajstić information content (AvgIpc) is 3.35. The maximum atomic E-state index is 14.7. The second-order valence-electron chi connectivity index (χ2n) is 8.80. The van der Waals surface area contributed by atoms with Gasteiger partial charge in [-0.2, -0.15) is 13.2 Å². The first-order valence-electron chi connectivity index (χ1n) is 11.6. The number of rotatable bonds is 4. The highest BCUT2D eigenvalue weighted by molar-refractivity contribution is 6.21. The molecule has 3 heterocycles. The summed E-state index contributed by atoms with van der Waals surface area (Å²) >= 11 is 0. The van der Waals surface area contributed by atoms with Gasteiger partial charge in [-0.25, -0.2) is 4.39 Å². The number of nitrogens with zero attached hydrogens (tertiary/aromatic N) is 5. The van der Waals surface area contributed by atoms with Crippen molar-refractivity contribution < 1.29 is 27.2 Å². The highest BCUT2D eigenvalue weighted by atomic mass is 19.4. The van der Waals surface area contributed by atoms with Gasteiger partial charge in [0, 0.05) is 24.1 Å². The molecular formula is C27H17F4N5O2. The number of benzene rings is 3. The van der Waals surface area contributed by atoms with Crippen LogP contribution in [-0.2, 0) is 19.1 Å². The van der Waals surface area contributed by atoms with Crippen molar-refractivity contribution in [1.29, 1.82) is 0 Å². The average molecular weight is 519 g/mol. The van der Waals surface area contributed by atoms with Gasteiger partial charge in [-0.05, 0) is 42.5 Å². The Labute approximate surface area is 213 Å². The largest absolute Gasteiger partial charge is 0.416 e. The van der Waals surface area contributed by atoms with Gasteiger partial charge >= 0.3 is 6.18 Å². The number of hydrogen-bond donors (Lipinski definition) is 0. The van der Waals surface area contributed by atoms with E-state index in [1.807, 2.05) is 0 Å². The number of carbonyl (C=O) groups is 2. The maximum absolute atomic E-state index is 14.7. The number of aromatic nitrogens is 3. The Morgan fingerprint density at radius 2 is 1.47 bits per heavy atom. The fourth-order valence-electron chi connectivity index (χ4n) is 4.77. The summed E-state index contributed by atoms with van der Waals surface area (Å²) in [6, 6.07) is 15.4. The first-order valence-corrected chi connectivity index (χ1v) is 11.6. The summed E-state index contributed by atoms with van der Waals surface area (Å²) in [6.07, 6.45) is -4.54. The summed E-state index contributed by atoms with van der Waals surface area (Å²) in [5, 5.41) is 8.34. The number of aliphatic imine (C=N–C) groups is 1. The molecule has 190 valence electrons. The number of hydrogen-bond acceptors (Lipinski definition) is 5. The topological polar surface area (TPSA) is 80.5 Å². The highest BCUT2D eigenvalue weighted by Crippen LogP contribution is 2.34. The Bertz CT molecular complexity index is 1620. The van der Waals surface area contributed by atoms with Crippen molar-refractivity contribution in [2.24, 2.45) is 4.99 Å². The van der Waals surface area contributed by atoms with E-state index in [0.29, 0.717) is 22.8 Å². The van der Waals surface area contributed by atoms with Crippen LogP contribution in [0.1, 0.15) is 49.1 Å². The van der Waals surface area contributed by atoms with E-state index in [2.05, 4.69) is 15.2 Å². The molecular weight excluding hydrogens is 502 g/mol. The number of alkyl halides is 3. The molecule has 0 fully saturated rings. The lowest BCUT2D eigenvalue weighted by Gasteiger charge is -2.17. The highest BCUT2D eigenvalue weighted by Gasteiger charge is 2.36. The monoisotopic (exact) mass is 519 g/mol. The van der Waals surface area contributed by atoms with Gasteiger partial charge < -0.3 is 0 Å². The zero-order valence-electron chi connectivity index (χ0n) is 19.5. The molecule has 2 aliphatic rings. The molecule has 6 rings (SSSR count). The maximum Gasteiger partial charge on any atom is 0.416 e. The van der Waals surface area contributed by atoms with E-state index in [9.17, 15) is 27.2 Å². The zero-order chi connectivity index (χ0) is 26.6. The lowest BCUT2D eigenvalue weighted by atomic mass is 9.97. The minimum absolute atomic E-state index is 0.0124. The minimum Gasteiger partial charge on any atom is -0.281 e. The van der Waals surface area contributed by atoms with Crippen molar-refractivity contribution >= 4 is 17.5 Å². The van der Waals surface area contributed by atoms with Gasteiger partial charge in [0.05, 0.1) is 28.1 Å². The molecule has 0 spiro atoms. The van der Waals surface area contributed by atoms with Crippen molar-refractivity contribution in [2.75, 3.05) is 6.54 Å². The molecule has 2 amide bonds. The molecule has 4 aromatic rings. The lowest BCUT2D eigenvalue weighted by Crippen LogP contribution is -2.32. The molecule has 0 bridgehead atoms. The molecule has 0 unspecified atom stereocenters. The Morgan fingerprint density at radius 1 is 0.816 bits per heavy atom. The fraction of sp³-hybridized carbons (Fsp3) is 0.148. The molecule has 2 aliphatic heterocycles. The van der Waals surface area contributed by atoms with Gasteiger partial charge in [0.15, 0.2) is 5.82 Å². The van der Waals surface area contributed by atoms with E-state index in [1.165, 1.54) is 24.3 Å². The molecule has 1 aromatic heterocycles. The molecule has 11 heteroatoms. The molecule has 0 aliphatic carbocycles. The third-order valence-electron chi connectivity index (χ3n) is 6.56. The molecule has 3 aromatic carbocycles. The van der Waals surface area contributed by atoms with Gasteiger partial charge in [0.2, 0.25) is 0 Å². The van der Waals surface area contributed by atoms with E-state index in [0.717, 1.165) is 17.0 Å². The van der Waals surface area contributed by atoms with Crippen molar-refractivity contribution in [3.63, 3.8) is 0 Å². The van der Waals surface area contributed by atoms with E-state index in [1.54, 1.807) is 34.9 Å². The van der Waals surface area contributed by atoms with E-state index in [-0.39, 0.29) is 42.0 Å². The normalized spacial score (nSPS) is 14.6. The number of amides is 2. The number of carbonyl (C=O) groups excluding carboxylic acids is 2. The van der Waals surface area contributed by atoms with E-state index < -0.39 is 29.4 Å². The Balaban J connectivity index is 1.41. The van der Waals surface area contributed by atoms with Crippen molar-refractivity contribution in [2.45, 2.75) is 19.1 Å². The van der Waals surface area contributed by atoms with Crippen molar-refractivity contribution in [3.05, 3.63) is 112 Å². The second-order valence-corrected chi connectivity index (χ2v) is 8.80. The summed E-state index contributed by atoms with van der Waals surface area (Å²) < 4.78 is 57.2. The summed E-state index contributed by atoms with van der Waals surface area (Å²) in [6.45, 7) is -0.0822. The molecule has 0 saturated carbocycles. The van der Waals surface area contributed by atoms with E-state index in [4.69, 9.17) is 0 Å². The Morgan fingerprint density at radius 3 is 2.13 bits per heavy atom. The number of halogens is 4. The standard InChI is InChI=1S/C27H17F4N5O2/c28-20-8-4-3-7-18(20)24-19-13-15(27(29,30)31)9-10-21(19)36-22(33-34-23(36)14-32-24)11-12-35-25(37)16-5-1-2-6-17(16)26(35)38/h1-10,13H,11-12,14H2. The van der Waals surface area contributed by atoms with Crippen LogP contribution in [-0.4, -0.2) is 43.7 Å². The smallest absolute Gasteiger partial charge is 0.281 e. The summed E-state index contributed by atoms with van der Waals surface area (Å²) in [4.78, 5) is 31.1. The van der Waals surface area contributed by atoms with Crippen LogP contribution in [0, 0.1) is 5.82 Å². The van der Waals surface area contributed by atoms with Crippen LogP contribution in [0.15, 0.2) is 71.7 Å². The number of fused-ring (bicyclic) bond motifs is 4. The summed E-state index contributed by atoms with van der Waals surface area (Å²) in [5.41, 5.74) is 0.168. The molecule has 38 heavy (non-hydrogen) atoms. The second kappa shape index (κ2) is 8.72. The predicted octanol–water partition coefficient (Wildman–Crippen LogP) is 4.61. The molecule has 0 N–H and O–H groups in total. The van der Waals surface area contributed by atoms with E-state index >= 15 is 0 Å². The van der Waals surface area contributed by atoms with Crippen molar-refractivity contribution in [1.82, 2.24) is 19.7 Å². The van der Waals surface area contributed by atoms with Crippen LogP contribution in [0.2, 0.25) is 0 Å². The predicted molar refractivity (Wildman–Crippen MR) is 128 cm³/mol. The summed E-state index contributed by atoms with van der Waals surface area (Å²) in [5.74, 6) is -0.835. The third-order valence-corrected chi connectivity index (χ3v) is 6.56. The van der Waals surface area contributed by atoms with Crippen LogP contribution in [0.3, 0.4) is 0 Å². The van der Waals surface area contributed by atoms with Gasteiger partial charge in [-0.15, -0.1) is 10.2 Å². The Hall–Kier alpha value is -4.67. The van der Waals surface area contributed by atoms with Gasteiger partial charge in [-0.3, -0.25) is 24.0 Å². The van der Waals surface area contributed by atoms with Crippen LogP contribution < -0.4 is 0 Å². The molecule has 0 atom stereocenters. The number of imide groups is 1. The molecule has 7 nitrogen and oxygen atoms in total. The van der Waals surface area contributed by atoms with Crippen LogP contribution >= 0.6 is 0 Å². The molecule has 0 saturated heterocycles. The van der Waals surface area contributed by atoms with Gasteiger partial charge in [0.1, 0.15) is 18.2 Å². The quantitative estimate of drug-likeness (QED) is 0.291. The fourth-order valence-corrected chi connectivity index (χ4v) is 4.77. The molecule has 0 radical (unpaired) electrons. The lowest BCUT2D eigenvalue weighted by molar-refractivity contribution is -0.137. The first kappa shape index (κ1) is 23.7. The SMILES string of the molecule is O=C1c2ccccc2C(=O)N1CCc1nnc2n1-c1ccc(C(F)(F)F)cc1C(c1ccccc1F)=NC2. The van der Waals surface area contributed by atoms with Crippen LogP contribution in [0.4, 0.5) is 17.6 Å². The third kappa shape index (κ3) is 3.78. The van der Waals surface area contributed by atoms with Gasteiger partial charge in [-0.1, -0.05) is 24.3 Å². The van der Waals surface area contributed by atoms with Gasteiger partial charge in [0.25, 0.3) is 11.8 Å². The summed E-state index contributed by atoms with van der Waals surface area (Å²) in [7, 11) is 0. The minimum atomic E-state index is -4.63. The zero-order valence-corrected chi connectivity index (χ0v) is 19.5. The van der Waals surface area contributed by atoms with Crippen LogP contribution in [0.25, 0.3) is 5.69 Å². The van der Waals surface area contributed by atoms with Crippen LogP contribution in [0.5, 0.6) is 0 Å². The van der Waals surface area contributed by atoms with Crippen molar-refractivity contribution in [3.8, 4) is 5.69 Å².